The van der Waals surface area contributed by atoms with Crippen LogP contribution in [0.4, 0.5) is 0 Å². The van der Waals surface area contributed by atoms with E-state index < -0.39 is 0 Å². The first-order chi connectivity index (χ1) is 8.77. The molecule has 2 N–H and O–H groups in total. The van der Waals surface area contributed by atoms with Crippen molar-refractivity contribution < 1.29 is 4.79 Å². The normalized spacial score (nSPS) is 12.9. The fourth-order valence-corrected chi connectivity index (χ4v) is 1.99. The van der Waals surface area contributed by atoms with Crippen LogP contribution >= 0.6 is 0 Å². The molecule has 3 heteroatoms. The molecule has 0 bridgehead atoms. The predicted octanol–water partition coefficient (Wildman–Crippen LogP) is 3.47. The van der Waals surface area contributed by atoms with Crippen molar-refractivity contribution >= 4 is 5.91 Å². The van der Waals surface area contributed by atoms with E-state index in [0.29, 0.717) is 5.92 Å². The van der Waals surface area contributed by atoms with Crippen molar-refractivity contribution in [2.45, 2.75) is 60.3 Å². The maximum atomic E-state index is 11.0. The highest BCUT2D eigenvalue weighted by Gasteiger charge is 2.24. The van der Waals surface area contributed by atoms with Crippen LogP contribution in [0.15, 0.2) is 12.3 Å². The van der Waals surface area contributed by atoms with Crippen molar-refractivity contribution in [3.8, 4) is 0 Å². The highest BCUT2D eigenvalue weighted by molar-refractivity contribution is 5.72. The lowest BCUT2D eigenvalue weighted by molar-refractivity contribution is -0.119. The molecule has 0 aromatic carbocycles. The van der Waals surface area contributed by atoms with E-state index in [1.807, 2.05) is 0 Å². The van der Waals surface area contributed by atoms with E-state index >= 15 is 0 Å². The van der Waals surface area contributed by atoms with Crippen molar-refractivity contribution in [3.05, 3.63) is 12.3 Å². The molecule has 0 aromatic heterocycles. The van der Waals surface area contributed by atoms with Gasteiger partial charge in [-0.1, -0.05) is 40.7 Å². The van der Waals surface area contributed by atoms with Gasteiger partial charge < -0.3 is 10.6 Å². The lowest BCUT2D eigenvalue weighted by atomic mass is 9.78. The van der Waals surface area contributed by atoms with E-state index in [1.54, 1.807) is 6.92 Å². The Bertz CT molecular complexity index is 279. The number of nitrogens with one attached hydrogen (secondary N) is 2. The molecule has 0 fully saturated rings. The van der Waals surface area contributed by atoms with Gasteiger partial charge in [0.05, 0.1) is 0 Å². The zero-order chi connectivity index (χ0) is 14.9. The van der Waals surface area contributed by atoms with Gasteiger partial charge in [0.15, 0.2) is 0 Å². The summed E-state index contributed by atoms with van der Waals surface area (Å²) in [4.78, 5) is 11.0. The lowest BCUT2D eigenvalue weighted by Crippen LogP contribution is -2.34. The summed E-state index contributed by atoms with van der Waals surface area (Å²) in [7, 11) is 0. The summed E-state index contributed by atoms with van der Waals surface area (Å²) in [6.45, 7) is 16.3. The molecule has 0 rings (SSSR count). The average Bonchev–Trinajstić information content (AvgIpc) is 2.27. The van der Waals surface area contributed by atoms with Crippen LogP contribution < -0.4 is 10.6 Å². The predicted molar refractivity (Wildman–Crippen MR) is 82.9 cm³/mol. The molecule has 1 atom stereocenters. The van der Waals surface area contributed by atoms with Gasteiger partial charge in [-0.05, 0) is 30.6 Å². The Morgan fingerprint density at radius 1 is 1.26 bits per heavy atom. The average molecular weight is 268 g/mol. The molecule has 112 valence electrons. The van der Waals surface area contributed by atoms with Crippen LogP contribution in [0.2, 0.25) is 0 Å². The Kier molecular flexibility index (Phi) is 8.53. The molecule has 0 heterocycles. The molecule has 0 saturated heterocycles. The maximum Gasteiger partial charge on any atom is 0.216 e. The molecule has 0 saturated carbocycles. The number of carbonyl (C=O) groups is 1. The molecule has 0 aliphatic rings. The molecule has 19 heavy (non-hydrogen) atoms. The second-order valence-electron chi connectivity index (χ2n) is 6.42. The zero-order valence-electron chi connectivity index (χ0n) is 13.4. The first-order valence-electron chi connectivity index (χ1n) is 7.43. The van der Waals surface area contributed by atoms with E-state index in [9.17, 15) is 4.79 Å². The van der Waals surface area contributed by atoms with E-state index in [-0.39, 0.29) is 11.3 Å². The maximum absolute atomic E-state index is 11.0. The fraction of sp³-hybridized carbons (Fsp3) is 0.812. The van der Waals surface area contributed by atoms with Crippen molar-refractivity contribution in [1.82, 2.24) is 10.6 Å². The summed E-state index contributed by atoms with van der Waals surface area (Å²) in [5.41, 5.74) is 1.32. The number of hydrogen-bond donors (Lipinski definition) is 2. The summed E-state index contributed by atoms with van der Waals surface area (Å²) in [6, 6.07) is 0. The number of hydrogen-bond acceptors (Lipinski definition) is 2. The highest BCUT2D eigenvalue weighted by Crippen LogP contribution is 2.29. The molecule has 0 radical (unpaired) electrons. The fourth-order valence-electron chi connectivity index (χ4n) is 1.99. The number of unbranched alkanes of at least 4 members (excludes halogenated alkanes) is 1. The second-order valence-corrected chi connectivity index (χ2v) is 6.42. The minimum Gasteiger partial charge on any atom is -0.389 e. The number of allylic oxidation sites excluding steroid dienone is 1. The number of carbonyl (C=O) groups excluding carboxylic acids is 1. The van der Waals surface area contributed by atoms with Gasteiger partial charge in [0.1, 0.15) is 0 Å². The second kappa shape index (κ2) is 9.00. The molecular formula is C16H32N2O. The summed E-state index contributed by atoms with van der Waals surface area (Å²) in [6.07, 6.45) is 4.42. The summed E-state index contributed by atoms with van der Waals surface area (Å²) in [5, 5.41) is 6.31. The topological polar surface area (TPSA) is 41.1 Å². The van der Waals surface area contributed by atoms with Gasteiger partial charge in [0.2, 0.25) is 5.91 Å². The van der Waals surface area contributed by atoms with Gasteiger partial charge in [-0.3, -0.25) is 4.79 Å². The van der Waals surface area contributed by atoms with Crippen LogP contribution in [-0.4, -0.2) is 19.0 Å². The van der Waals surface area contributed by atoms with Crippen LogP contribution in [0, 0.1) is 11.3 Å². The minimum atomic E-state index is 0.0501. The SMILES string of the molecule is C=C(CCC(CNC(C)=O)C(C)(C)C)NCCCC. The van der Waals surface area contributed by atoms with Crippen LogP contribution in [0.1, 0.15) is 60.3 Å². The van der Waals surface area contributed by atoms with Crippen molar-refractivity contribution in [1.29, 1.82) is 0 Å². The van der Waals surface area contributed by atoms with Gasteiger partial charge in [0.25, 0.3) is 0 Å². The monoisotopic (exact) mass is 268 g/mol. The van der Waals surface area contributed by atoms with E-state index in [2.05, 4.69) is 44.9 Å². The highest BCUT2D eigenvalue weighted by atomic mass is 16.1. The molecule has 1 amide bonds. The van der Waals surface area contributed by atoms with Gasteiger partial charge >= 0.3 is 0 Å². The van der Waals surface area contributed by atoms with Gasteiger partial charge in [0, 0.05) is 25.7 Å². The van der Waals surface area contributed by atoms with Gasteiger partial charge in [-0.2, -0.15) is 0 Å². The van der Waals surface area contributed by atoms with Gasteiger partial charge in [-0.15, -0.1) is 0 Å². The largest absolute Gasteiger partial charge is 0.389 e. The Morgan fingerprint density at radius 2 is 1.89 bits per heavy atom. The summed E-state index contributed by atoms with van der Waals surface area (Å²) < 4.78 is 0. The zero-order valence-corrected chi connectivity index (χ0v) is 13.4. The smallest absolute Gasteiger partial charge is 0.216 e. The summed E-state index contributed by atoms with van der Waals surface area (Å²) >= 11 is 0. The van der Waals surface area contributed by atoms with Crippen molar-refractivity contribution in [2.75, 3.05) is 13.1 Å². The third kappa shape index (κ3) is 9.57. The molecule has 0 aliphatic heterocycles. The van der Waals surface area contributed by atoms with Crippen molar-refractivity contribution in [3.63, 3.8) is 0 Å². The molecule has 1 unspecified atom stereocenters. The van der Waals surface area contributed by atoms with E-state index in [1.165, 1.54) is 12.8 Å². The Balaban J connectivity index is 4.11. The first-order valence-corrected chi connectivity index (χ1v) is 7.43. The standard InChI is InChI=1S/C16H32N2O/c1-7-8-11-17-13(2)9-10-15(16(4,5)6)12-18-14(3)19/h15,17H,2,7-12H2,1,3-6H3,(H,18,19). The third-order valence-corrected chi connectivity index (χ3v) is 3.52. The lowest BCUT2D eigenvalue weighted by Gasteiger charge is -2.31. The molecule has 0 aromatic rings. The van der Waals surface area contributed by atoms with Crippen LogP contribution in [-0.2, 0) is 4.79 Å². The molecular weight excluding hydrogens is 236 g/mol. The van der Waals surface area contributed by atoms with Gasteiger partial charge in [-0.25, -0.2) is 0 Å². The number of rotatable bonds is 9. The number of amides is 1. The first kappa shape index (κ1) is 18.0. The molecule has 0 spiro atoms. The van der Waals surface area contributed by atoms with Crippen LogP contribution in [0.25, 0.3) is 0 Å². The minimum absolute atomic E-state index is 0.0501. The quantitative estimate of drug-likeness (QED) is 0.629. The molecule has 3 nitrogen and oxygen atoms in total. The van der Waals surface area contributed by atoms with Crippen LogP contribution in [0.3, 0.4) is 0 Å². The Hall–Kier alpha value is -0.990. The van der Waals surface area contributed by atoms with Crippen molar-refractivity contribution in [2.24, 2.45) is 11.3 Å². The van der Waals surface area contributed by atoms with Crippen LogP contribution in [0.5, 0.6) is 0 Å². The van der Waals surface area contributed by atoms with E-state index in [0.717, 1.165) is 31.6 Å². The molecule has 0 aliphatic carbocycles. The third-order valence-electron chi connectivity index (χ3n) is 3.52. The Labute approximate surface area is 119 Å². The Morgan fingerprint density at radius 3 is 2.37 bits per heavy atom. The summed E-state index contributed by atoms with van der Waals surface area (Å²) in [5.74, 6) is 0.523. The van der Waals surface area contributed by atoms with E-state index in [4.69, 9.17) is 0 Å².